The first-order chi connectivity index (χ1) is 8.61. The van der Waals surface area contributed by atoms with Gasteiger partial charge in [0.25, 0.3) is 0 Å². The smallest absolute Gasteiger partial charge is 0.306 e. The molecule has 2 heterocycles. The second-order valence-electron chi connectivity index (χ2n) is 4.52. The number of anilines is 1. The Labute approximate surface area is 111 Å². The van der Waals surface area contributed by atoms with Crippen LogP contribution < -0.4 is 4.90 Å². The molecule has 0 bridgehead atoms. The first kappa shape index (κ1) is 13.1. The largest absolute Gasteiger partial charge is 0.481 e. The molecule has 6 heteroatoms. The molecule has 1 saturated heterocycles. The van der Waals surface area contributed by atoms with Crippen molar-refractivity contribution >= 4 is 23.5 Å². The van der Waals surface area contributed by atoms with Gasteiger partial charge in [-0.25, -0.2) is 9.97 Å². The lowest BCUT2D eigenvalue weighted by Gasteiger charge is -2.37. The Bertz CT molecular complexity index is 441. The fourth-order valence-corrected chi connectivity index (χ4v) is 2.71. The van der Waals surface area contributed by atoms with Gasteiger partial charge in [0.1, 0.15) is 17.2 Å². The lowest BCUT2D eigenvalue weighted by Crippen LogP contribution is -2.43. The quantitative estimate of drug-likeness (QED) is 0.666. The van der Waals surface area contributed by atoms with Crippen molar-refractivity contribution in [1.29, 1.82) is 0 Å². The monoisotopic (exact) mass is 267 g/mol. The van der Waals surface area contributed by atoms with Crippen LogP contribution in [0.2, 0.25) is 0 Å². The van der Waals surface area contributed by atoms with Crippen molar-refractivity contribution in [2.75, 3.05) is 17.7 Å². The van der Waals surface area contributed by atoms with E-state index >= 15 is 0 Å². The number of carboxylic acid groups (broad SMARTS) is 1. The molecule has 1 aliphatic rings. The molecule has 0 aromatic carbocycles. The molecule has 1 aromatic heterocycles. The van der Waals surface area contributed by atoms with Gasteiger partial charge < -0.3 is 10.0 Å². The summed E-state index contributed by atoms with van der Waals surface area (Å²) in [5.74, 6) is -0.0159. The van der Waals surface area contributed by atoms with Gasteiger partial charge >= 0.3 is 5.97 Å². The van der Waals surface area contributed by atoms with E-state index in [0.717, 1.165) is 17.4 Å². The zero-order chi connectivity index (χ0) is 13.1. The molecule has 0 spiro atoms. The Morgan fingerprint density at radius 3 is 2.94 bits per heavy atom. The van der Waals surface area contributed by atoms with Crippen molar-refractivity contribution in [2.24, 2.45) is 5.92 Å². The maximum absolute atomic E-state index is 11.0. The van der Waals surface area contributed by atoms with Gasteiger partial charge in [-0.1, -0.05) is 0 Å². The third-order valence-corrected chi connectivity index (χ3v) is 4.00. The molecule has 5 nitrogen and oxygen atoms in total. The number of hydrogen-bond acceptors (Lipinski definition) is 5. The van der Waals surface area contributed by atoms with Gasteiger partial charge in [0.2, 0.25) is 0 Å². The molecule has 1 fully saturated rings. The fraction of sp³-hybridized carbons (Fsp3) is 0.583. The maximum Gasteiger partial charge on any atom is 0.306 e. The van der Waals surface area contributed by atoms with E-state index in [-0.39, 0.29) is 12.0 Å². The van der Waals surface area contributed by atoms with E-state index in [1.807, 2.05) is 12.3 Å². The zero-order valence-electron chi connectivity index (χ0n) is 10.5. The molecular formula is C12H17N3O2S. The second kappa shape index (κ2) is 5.56. The van der Waals surface area contributed by atoms with Gasteiger partial charge in [-0.15, -0.1) is 11.8 Å². The van der Waals surface area contributed by atoms with E-state index in [4.69, 9.17) is 5.11 Å². The number of aliphatic carboxylic acids is 1. The molecular weight excluding hydrogens is 250 g/mol. The van der Waals surface area contributed by atoms with Crippen molar-refractivity contribution < 1.29 is 9.90 Å². The Kier molecular flexibility index (Phi) is 4.06. The normalized spacial score (nSPS) is 24.0. The van der Waals surface area contributed by atoms with Gasteiger partial charge in [-0.3, -0.25) is 4.79 Å². The highest BCUT2D eigenvalue weighted by Crippen LogP contribution is 2.28. The van der Waals surface area contributed by atoms with Crippen LogP contribution >= 0.6 is 11.8 Å². The van der Waals surface area contributed by atoms with Crippen LogP contribution in [0.3, 0.4) is 0 Å². The molecule has 0 aliphatic carbocycles. The molecule has 1 N–H and O–H groups in total. The number of rotatable bonds is 3. The Hall–Kier alpha value is -1.30. The van der Waals surface area contributed by atoms with Crippen molar-refractivity contribution in [1.82, 2.24) is 9.97 Å². The van der Waals surface area contributed by atoms with Crippen LogP contribution in [-0.4, -0.2) is 39.9 Å². The molecule has 1 aromatic rings. The predicted molar refractivity (Wildman–Crippen MR) is 71.0 cm³/mol. The first-order valence-electron chi connectivity index (χ1n) is 5.97. The lowest BCUT2D eigenvalue weighted by atomic mass is 9.92. The van der Waals surface area contributed by atoms with Crippen LogP contribution in [0.4, 0.5) is 5.82 Å². The minimum atomic E-state index is -0.686. The van der Waals surface area contributed by atoms with Crippen LogP contribution in [0.25, 0.3) is 0 Å². The molecule has 1 aliphatic heterocycles. The van der Waals surface area contributed by atoms with E-state index in [9.17, 15) is 4.79 Å². The predicted octanol–water partition coefficient (Wildman–Crippen LogP) is 1.89. The van der Waals surface area contributed by atoms with Crippen LogP contribution in [0.15, 0.2) is 17.4 Å². The van der Waals surface area contributed by atoms with E-state index in [1.54, 1.807) is 18.1 Å². The van der Waals surface area contributed by atoms with Crippen LogP contribution in [0.5, 0.6) is 0 Å². The first-order valence-corrected chi connectivity index (χ1v) is 7.19. The number of nitrogens with zero attached hydrogens (tertiary/aromatic N) is 3. The van der Waals surface area contributed by atoms with E-state index in [1.165, 1.54) is 0 Å². The highest BCUT2D eigenvalue weighted by molar-refractivity contribution is 7.98. The highest BCUT2D eigenvalue weighted by atomic mass is 32.2. The summed E-state index contributed by atoms with van der Waals surface area (Å²) in [5, 5.41) is 9.99. The van der Waals surface area contributed by atoms with Crippen LogP contribution in [0.1, 0.15) is 19.8 Å². The Morgan fingerprint density at radius 2 is 2.33 bits per heavy atom. The third kappa shape index (κ3) is 2.75. The van der Waals surface area contributed by atoms with Gasteiger partial charge in [0.15, 0.2) is 0 Å². The summed E-state index contributed by atoms with van der Waals surface area (Å²) >= 11 is 1.58. The van der Waals surface area contributed by atoms with Crippen molar-refractivity contribution in [3.8, 4) is 0 Å². The SMILES string of the molecule is CSc1cc(N2CCC(C(=O)O)CC2C)ncn1. The molecule has 2 unspecified atom stereocenters. The van der Waals surface area contributed by atoms with Gasteiger partial charge in [-0.05, 0) is 26.0 Å². The Morgan fingerprint density at radius 1 is 1.56 bits per heavy atom. The molecule has 0 saturated carbocycles. The zero-order valence-corrected chi connectivity index (χ0v) is 11.4. The standard InChI is InChI=1S/C12H17N3O2S/c1-8-5-9(12(16)17)3-4-15(8)10-6-11(18-2)14-7-13-10/h6-9H,3-5H2,1-2H3,(H,16,17). The van der Waals surface area contributed by atoms with Crippen molar-refractivity contribution in [3.63, 3.8) is 0 Å². The number of carbonyl (C=O) groups is 1. The van der Waals surface area contributed by atoms with Crippen molar-refractivity contribution in [3.05, 3.63) is 12.4 Å². The summed E-state index contributed by atoms with van der Waals surface area (Å²) in [6.45, 7) is 2.79. The van der Waals surface area contributed by atoms with E-state index in [0.29, 0.717) is 12.8 Å². The summed E-state index contributed by atoms with van der Waals surface area (Å²) in [7, 11) is 0. The Balaban J connectivity index is 2.12. The minimum Gasteiger partial charge on any atom is -0.481 e. The molecule has 2 rings (SSSR count). The van der Waals surface area contributed by atoms with Crippen LogP contribution in [-0.2, 0) is 4.79 Å². The lowest BCUT2D eigenvalue weighted by molar-refractivity contribution is -0.142. The topological polar surface area (TPSA) is 66.3 Å². The number of thioether (sulfide) groups is 1. The summed E-state index contributed by atoms with van der Waals surface area (Å²) < 4.78 is 0. The average Bonchev–Trinajstić information content (AvgIpc) is 2.38. The summed E-state index contributed by atoms with van der Waals surface area (Å²) in [5.41, 5.74) is 0. The average molecular weight is 267 g/mol. The highest BCUT2D eigenvalue weighted by Gasteiger charge is 2.30. The minimum absolute atomic E-state index is 0.199. The second-order valence-corrected chi connectivity index (χ2v) is 5.35. The molecule has 0 amide bonds. The van der Waals surface area contributed by atoms with Crippen LogP contribution in [0, 0.1) is 5.92 Å². The van der Waals surface area contributed by atoms with Crippen molar-refractivity contribution in [2.45, 2.75) is 30.8 Å². The summed E-state index contributed by atoms with van der Waals surface area (Å²) in [6.07, 6.45) is 4.90. The molecule has 0 radical (unpaired) electrons. The van der Waals surface area contributed by atoms with E-state index in [2.05, 4.69) is 21.8 Å². The van der Waals surface area contributed by atoms with Gasteiger partial charge in [-0.2, -0.15) is 0 Å². The number of piperidine rings is 1. The molecule has 2 atom stereocenters. The summed E-state index contributed by atoms with van der Waals surface area (Å²) in [6, 6.07) is 2.16. The number of hydrogen-bond donors (Lipinski definition) is 1. The summed E-state index contributed by atoms with van der Waals surface area (Å²) in [4.78, 5) is 21.6. The third-order valence-electron chi connectivity index (χ3n) is 3.36. The molecule has 18 heavy (non-hydrogen) atoms. The fourth-order valence-electron chi connectivity index (χ4n) is 2.34. The van der Waals surface area contributed by atoms with E-state index < -0.39 is 5.97 Å². The maximum atomic E-state index is 11.0. The number of aromatic nitrogens is 2. The van der Waals surface area contributed by atoms with Gasteiger partial charge in [0.05, 0.1) is 5.92 Å². The number of carboxylic acids is 1. The van der Waals surface area contributed by atoms with Gasteiger partial charge in [0, 0.05) is 18.7 Å². The molecule has 98 valence electrons.